The summed E-state index contributed by atoms with van der Waals surface area (Å²) in [6.07, 6.45) is 0.0750. The first-order valence-electron chi connectivity index (χ1n) is 6.12. The number of carboxylic acid groups (broad SMARTS) is 3. The van der Waals surface area contributed by atoms with Crippen molar-refractivity contribution in [3.05, 3.63) is 23.7 Å². The van der Waals surface area contributed by atoms with Crippen LogP contribution in [0.2, 0.25) is 0 Å². The first-order chi connectivity index (χ1) is 9.38. The van der Waals surface area contributed by atoms with Crippen molar-refractivity contribution in [3.8, 4) is 0 Å². The fourth-order valence-electron chi connectivity index (χ4n) is 1.75. The van der Waals surface area contributed by atoms with Crippen molar-refractivity contribution in [2.45, 2.75) is 32.1 Å². The molecule has 7 nitrogen and oxygen atoms in total. The lowest BCUT2D eigenvalue weighted by molar-refractivity contribution is -0.143. The van der Waals surface area contributed by atoms with Gasteiger partial charge in [0.15, 0.2) is 0 Å². The number of aliphatic carboxylic acids is 3. The molecule has 110 valence electrons. The summed E-state index contributed by atoms with van der Waals surface area (Å²) in [4.78, 5) is 31.9. The van der Waals surface area contributed by atoms with Crippen LogP contribution in [0.4, 0.5) is 0 Å². The Morgan fingerprint density at radius 2 is 1.60 bits per heavy atom. The summed E-state index contributed by atoms with van der Waals surface area (Å²) in [5, 5.41) is 26.1. The summed E-state index contributed by atoms with van der Waals surface area (Å²) < 4.78 is 5.35. The van der Waals surface area contributed by atoms with Gasteiger partial charge in [-0.2, -0.15) is 0 Å². The number of rotatable bonds is 9. The smallest absolute Gasteiger partial charge is 0.306 e. The Morgan fingerprint density at radius 1 is 1.00 bits per heavy atom. The Hall–Kier alpha value is -2.31. The molecule has 0 saturated heterocycles. The van der Waals surface area contributed by atoms with Crippen LogP contribution in [-0.2, 0) is 27.2 Å². The van der Waals surface area contributed by atoms with E-state index in [1.165, 1.54) is 0 Å². The quantitative estimate of drug-likeness (QED) is 0.625. The predicted molar refractivity (Wildman–Crippen MR) is 66.4 cm³/mol. The lowest BCUT2D eigenvalue weighted by atomic mass is 9.98. The molecule has 0 aromatic carbocycles. The summed E-state index contributed by atoms with van der Waals surface area (Å²) in [6.45, 7) is 0. The van der Waals surface area contributed by atoms with E-state index in [2.05, 4.69) is 0 Å². The number of furan rings is 1. The Kier molecular flexibility index (Phi) is 5.76. The monoisotopic (exact) mass is 284 g/mol. The molecular weight excluding hydrogens is 268 g/mol. The number of aryl methyl sites for hydroxylation is 1. The van der Waals surface area contributed by atoms with Crippen LogP contribution in [0, 0.1) is 5.92 Å². The zero-order valence-corrected chi connectivity index (χ0v) is 10.7. The molecule has 3 N–H and O–H groups in total. The van der Waals surface area contributed by atoms with Gasteiger partial charge in [0, 0.05) is 19.3 Å². The maximum absolute atomic E-state index is 11.0. The maximum Gasteiger partial charge on any atom is 0.306 e. The minimum atomic E-state index is -1.07. The second kappa shape index (κ2) is 7.32. The van der Waals surface area contributed by atoms with E-state index < -0.39 is 23.8 Å². The Bertz CT molecular complexity index is 489. The molecule has 0 amide bonds. The van der Waals surface area contributed by atoms with E-state index in [4.69, 9.17) is 19.7 Å². The van der Waals surface area contributed by atoms with Gasteiger partial charge in [0.1, 0.15) is 11.5 Å². The van der Waals surface area contributed by atoms with Gasteiger partial charge >= 0.3 is 17.9 Å². The van der Waals surface area contributed by atoms with Gasteiger partial charge in [0.25, 0.3) is 0 Å². The Morgan fingerprint density at radius 3 is 2.15 bits per heavy atom. The summed E-state index contributed by atoms with van der Waals surface area (Å²) in [5.74, 6) is -2.99. The first-order valence-corrected chi connectivity index (χ1v) is 6.12. The molecule has 0 spiro atoms. The van der Waals surface area contributed by atoms with Crippen LogP contribution >= 0.6 is 0 Å². The van der Waals surface area contributed by atoms with Crippen LogP contribution in [0.25, 0.3) is 0 Å². The molecule has 1 atom stereocenters. The molecule has 0 aliphatic rings. The third-order valence-corrected chi connectivity index (χ3v) is 2.81. The third-order valence-electron chi connectivity index (χ3n) is 2.81. The SMILES string of the molecule is O=C(O)CCc1ccc(CC(CCC(=O)O)C(=O)O)o1. The lowest BCUT2D eigenvalue weighted by Gasteiger charge is -2.08. The van der Waals surface area contributed by atoms with Crippen molar-refractivity contribution in [3.63, 3.8) is 0 Å². The average Bonchev–Trinajstić information content (AvgIpc) is 2.79. The maximum atomic E-state index is 11.0. The highest BCUT2D eigenvalue weighted by Crippen LogP contribution is 2.18. The van der Waals surface area contributed by atoms with E-state index in [0.717, 1.165) is 0 Å². The molecular formula is C13H16O7. The highest BCUT2D eigenvalue weighted by atomic mass is 16.4. The molecule has 1 heterocycles. The zero-order valence-electron chi connectivity index (χ0n) is 10.7. The number of hydrogen-bond donors (Lipinski definition) is 3. The van der Waals surface area contributed by atoms with Gasteiger partial charge in [0.05, 0.1) is 12.3 Å². The zero-order chi connectivity index (χ0) is 15.1. The van der Waals surface area contributed by atoms with Crippen LogP contribution in [-0.4, -0.2) is 33.2 Å². The summed E-state index contributed by atoms with van der Waals surface area (Å²) >= 11 is 0. The topological polar surface area (TPSA) is 125 Å². The fraction of sp³-hybridized carbons (Fsp3) is 0.462. The second-order valence-electron chi connectivity index (χ2n) is 4.43. The van der Waals surface area contributed by atoms with Crippen molar-refractivity contribution >= 4 is 17.9 Å². The molecule has 1 rings (SSSR count). The van der Waals surface area contributed by atoms with E-state index in [1.54, 1.807) is 12.1 Å². The van der Waals surface area contributed by atoms with Gasteiger partial charge < -0.3 is 19.7 Å². The van der Waals surface area contributed by atoms with Crippen LogP contribution in [0.15, 0.2) is 16.5 Å². The molecule has 0 bridgehead atoms. The molecule has 1 aromatic heterocycles. The Labute approximate surface area is 114 Å². The average molecular weight is 284 g/mol. The van der Waals surface area contributed by atoms with E-state index in [1.807, 2.05) is 0 Å². The molecule has 1 aromatic rings. The molecule has 0 radical (unpaired) electrons. The van der Waals surface area contributed by atoms with Gasteiger partial charge in [-0.1, -0.05) is 0 Å². The van der Waals surface area contributed by atoms with Crippen molar-refractivity contribution in [2.75, 3.05) is 0 Å². The lowest BCUT2D eigenvalue weighted by Crippen LogP contribution is -2.17. The van der Waals surface area contributed by atoms with Gasteiger partial charge in [-0.25, -0.2) is 0 Å². The molecule has 0 aliphatic heterocycles. The van der Waals surface area contributed by atoms with Crippen LogP contribution in [0.5, 0.6) is 0 Å². The van der Waals surface area contributed by atoms with Gasteiger partial charge in [-0.15, -0.1) is 0 Å². The van der Waals surface area contributed by atoms with E-state index in [-0.39, 0.29) is 32.1 Å². The third kappa shape index (κ3) is 5.55. The highest BCUT2D eigenvalue weighted by Gasteiger charge is 2.21. The van der Waals surface area contributed by atoms with Gasteiger partial charge in [-0.3, -0.25) is 14.4 Å². The van der Waals surface area contributed by atoms with Crippen molar-refractivity contribution < 1.29 is 34.1 Å². The molecule has 0 aliphatic carbocycles. The summed E-state index contributed by atoms with van der Waals surface area (Å²) in [7, 11) is 0. The first kappa shape index (κ1) is 15.7. The van der Waals surface area contributed by atoms with Crippen LogP contribution in [0.1, 0.15) is 30.8 Å². The van der Waals surface area contributed by atoms with E-state index in [9.17, 15) is 14.4 Å². The predicted octanol–water partition coefficient (Wildman–Crippen LogP) is 1.40. The van der Waals surface area contributed by atoms with Crippen LogP contribution < -0.4 is 0 Å². The fourth-order valence-corrected chi connectivity index (χ4v) is 1.75. The normalized spacial score (nSPS) is 12.0. The van der Waals surface area contributed by atoms with Gasteiger partial charge in [0.2, 0.25) is 0 Å². The minimum absolute atomic E-state index is 0.0236. The molecule has 0 fully saturated rings. The molecule has 1 unspecified atom stereocenters. The summed E-state index contributed by atoms with van der Waals surface area (Å²) in [6, 6.07) is 3.20. The molecule has 7 heteroatoms. The van der Waals surface area contributed by atoms with Crippen molar-refractivity contribution in [2.24, 2.45) is 5.92 Å². The number of hydrogen-bond acceptors (Lipinski definition) is 4. The highest BCUT2D eigenvalue weighted by molar-refractivity contribution is 5.72. The minimum Gasteiger partial charge on any atom is -0.481 e. The van der Waals surface area contributed by atoms with E-state index in [0.29, 0.717) is 11.5 Å². The second-order valence-corrected chi connectivity index (χ2v) is 4.43. The molecule has 20 heavy (non-hydrogen) atoms. The van der Waals surface area contributed by atoms with Crippen molar-refractivity contribution in [1.82, 2.24) is 0 Å². The summed E-state index contributed by atoms with van der Waals surface area (Å²) in [5.41, 5.74) is 0. The van der Waals surface area contributed by atoms with Crippen LogP contribution in [0.3, 0.4) is 0 Å². The standard InChI is InChI=1S/C13H16O7/c14-11(15)5-1-8(13(18)19)7-10-3-2-9(20-10)4-6-12(16)17/h2-3,8H,1,4-7H2,(H,14,15)(H,16,17)(H,18,19). The molecule has 0 saturated carbocycles. The Balaban J connectivity index is 2.57. The van der Waals surface area contributed by atoms with E-state index >= 15 is 0 Å². The largest absolute Gasteiger partial charge is 0.481 e. The van der Waals surface area contributed by atoms with Gasteiger partial charge in [-0.05, 0) is 18.6 Å². The number of carbonyl (C=O) groups is 3. The van der Waals surface area contributed by atoms with Crippen molar-refractivity contribution in [1.29, 1.82) is 0 Å². The number of carboxylic acids is 3.